The molecule has 2 aliphatic heterocycles. The Morgan fingerprint density at radius 2 is 1.81 bits per heavy atom. The summed E-state index contributed by atoms with van der Waals surface area (Å²) >= 11 is 0. The number of hydrogen-bond donors (Lipinski definition) is 4. The zero-order chi connectivity index (χ0) is 37.5. The molecule has 4 N–H and O–H groups in total. The summed E-state index contributed by atoms with van der Waals surface area (Å²) in [6.45, 7) is 11.4. The van der Waals surface area contributed by atoms with E-state index in [9.17, 15) is 24.0 Å². The topological polar surface area (TPSA) is 184 Å². The molecule has 280 valence electrons. The van der Waals surface area contributed by atoms with Crippen LogP contribution in [0.3, 0.4) is 0 Å². The van der Waals surface area contributed by atoms with E-state index in [2.05, 4.69) is 31.1 Å². The molecule has 4 amide bonds. The number of carbonyl (C=O) groups is 5. The average molecular weight is 718 g/mol. The highest BCUT2D eigenvalue weighted by atomic mass is 16.7. The number of rotatable bonds is 13. The number of ketones is 1. The molecular formula is C38H51N7O7. The zero-order valence-corrected chi connectivity index (χ0v) is 31.1. The molecule has 1 aromatic heterocycles. The van der Waals surface area contributed by atoms with Crippen molar-refractivity contribution in [1.82, 2.24) is 30.8 Å². The Balaban J connectivity index is 1.25. The number of H-pyrrole nitrogens is 1. The van der Waals surface area contributed by atoms with E-state index in [1.54, 1.807) is 19.6 Å². The number of methoxy groups -OCH3 is 1. The minimum Gasteiger partial charge on any atom is -0.496 e. The second kappa shape index (κ2) is 14.3. The van der Waals surface area contributed by atoms with Crippen LogP contribution in [-0.4, -0.2) is 93.4 Å². The maximum atomic E-state index is 14.7. The van der Waals surface area contributed by atoms with Crippen molar-refractivity contribution >= 4 is 35.1 Å². The number of Topliss-reactive ketones (excluding diaryl/α,β-unsaturated/α-hetero) is 1. The first-order valence-corrected chi connectivity index (χ1v) is 18.3. The highest BCUT2D eigenvalue weighted by Crippen LogP contribution is 2.47. The summed E-state index contributed by atoms with van der Waals surface area (Å²) < 4.78 is 5.55. The summed E-state index contributed by atoms with van der Waals surface area (Å²) in [5.41, 5.74) is 2.52. The first-order chi connectivity index (χ1) is 24.6. The third-order valence-corrected chi connectivity index (χ3v) is 10.6. The molecule has 0 bridgehead atoms. The number of aryl methyl sites for hydroxylation is 2. The largest absolute Gasteiger partial charge is 0.496 e. The maximum Gasteiger partial charge on any atom is 0.289 e. The maximum absolute atomic E-state index is 14.7. The van der Waals surface area contributed by atoms with E-state index in [0.717, 1.165) is 41.0 Å². The fraction of sp³-hybridized carbons (Fsp3) is 0.605. The van der Waals surface area contributed by atoms with Gasteiger partial charge in [0.2, 0.25) is 23.5 Å². The Morgan fingerprint density at radius 1 is 1.10 bits per heavy atom. The zero-order valence-electron chi connectivity index (χ0n) is 31.1. The Kier molecular flexibility index (Phi) is 10.2. The number of aromatic amines is 1. The minimum absolute atomic E-state index is 0.00959. The Hall–Kier alpha value is -4.75. The molecular weight excluding hydrogens is 666 g/mol. The van der Waals surface area contributed by atoms with E-state index in [0.29, 0.717) is 25.0 Å². The smallest absolute Gasteiger partial charge is 0.289 e. The number of benzene rings is 1. The van der Waals surface area contributed by atoms with Crippen molar-refractivity contribution in [3.05, 3.63) is 47.0 Å². The fourth-order valence-electron chi connectivity index (χ4n) is 7.55. The molecule has 3 fully saturated rings. The highest BCUT2D eigenvalue weighted by molar-refractivity contribution is 6.38. The minimum atomic E-state index is -1.06. The van der Waals surface area contributed by atoms with E-state index in [-0.39, 0.29) is 43.2 Å². The van der Waals surface area contributed by atoms with Gasteiger partial charge in [0.15, 0.2) is 5.60 Å². The normalized spacial score (nSPS) is 24.8. The van der Waals surface area contributed by atoms with Crippen molar-refractivity contribution in [1.29, 1.82) is 0 Å². The number of aromatic nitrogens is 2. The number of imidazole rings is 1. The first kappa shape index (κ1) is 37.0. The number of nitrogens with one attached hydrogen (secondary N) is 4. The van der Waals surface area contributed by atoms with Gasteiger partial charge in [-0.05, 0) is 68.2 Å². The lowest BCUT2D eigenvalue weighted by atomic mass is 9.85. The van der Waals surface area contributed by atoms with Gasteiger partial charge < -0.3 is 35.4 Å². The van der Waals surface area contributed by atoms with E-state index in [1.807, 2.05) is 53.7 Å². The van der Waals surface area contributed by atoms with Crippen LogP contribution in [0.5, 0.6) is 5.75 Å². The third-order valence-electron chi connectivity index (χ3n) is 10.6. The van der Waals surface area contributed by atoms with Gasteiger partial charge in [0, 0.05) is 48.2 Å². The lowest BCUT2D eigenvalue weighted by molar-refractivity contribution is -0.145. The average Bonchev–Trinajstić information content (AvgIpc) is 3.92. The number of ether oxygens (including phenoxy) is 1. The van der Waals surface area contributed by atoms with Gasteiger partial charge in [0.05, 0.1) is 31.7 Å². The van der Waals surface area contributed by atoms with Crippen LogP contribution in [0, 0.1) is 25.2 Å². The Labute approximate surface area is 304 Å². The molecule has 1 aromatic carbocycles. The summed E-state index contributed by atoms with van der Waals surface area (Å²) in [5.74, 6) is -2.21. The fourth-order valence-corrected chi connectivity index (χ4v) is 7.55. The summed E-state index contributed by atoms with van der Waals surface area (Å²) in [5, 5.41) is 13.0. The molecule has 0 unspecified atom stereocenters. The molecule has 14 nitrogen and oxygen atoms in total. The summed E-state index contributed by atoms with van der Waals surface area (Å²) in [4.78, 5) is 83.3. The first-order valence-electron chi connectivity index (χ1n) is 18.3. The van der Waals surface area contributed by atoms with Gasteiger partial charge in [-0.1, -0.05) is 39.3 Å². The van der Waals surface area contributed by atoms with Gasteiger partial charge in [-0.25, -0.2) is 4.98 Å². The summed E-state index contributed by atoms with van der Waals surface area (Å²) in [6.07, 6.45) is 6.79. The van der Waals surface area contributed by atoms with Crippen LogP contribution < -0.4 is 20.7 Å². The lowest BCUT2D eigenvalue weighted by Gasteiger charge is -2.35. The van der Waals surface area contributed by atoms with Gasteiger partial charge in [0.1, 0.15) is 17.8 Å². The molecule has 2 saturated carbocycles. The Morgan fingerprint density at radius 3 is 2.40 bits per heavy atom. The molecule has 2 aliphatic carbocycles. The molecule has 2 aromatic rings. The van der Waals surface area contributed by atoms with Crippen LogP contribution in [0.4, 0.5) is 0 Å². The molecule has 4 aliphatic rings. The van der Waals surface area contributed by atoms with Crippen molar-refractivity contribution in [3.63, 3.8) is 0 Å². The third kappa shape index (κ3) is 7.70. The van der Waals surface area contributed by atoms with Crippen molar-refractivity contribution in [2.75, 3.05) is 13.7 Å². The van der Waals surface area contributed by atoms with Crippen molar-refractivity contribution < 1.29 is 33.5 Å². The van der Waals surface area contributed by atoms with Gasteiger partial charge in [-0.15, -0.1) is 0 Å². The second-order valence-electron chi connectivity index (χ2n) is 16.0. The number of amides is 4. The van der Waals surface area contributed by atoms with Crippen LogP contribution in [0.1, 0.15) is 101 Å². The van der Waals surface area contributed by atoms with E-state index in [4.69, 9.17) is 9.57 Å². The van der Waals surface area contributed by atoms with Crippen LogP contribution in [0.25, 0.3) is 0 Å². The lowest BCUT2D eigenvalue weighted by Crippen LogP contribution is -2.59. The van der Waals surface area contributed by atoms with Gasteiger partial charge >= 0.3 is 0 Å². The quantitative estimate of drug-likeness (QED) is 0.228. The van der Waals surface area contributed by atoms with Gasteiger partial charge in [-0.3, -0.25) is 24.0 Å². The van der Waals surface area contributed by atoms with E-state index < -0.39 is 52.6 Å². The van der Waals surface area contributed by atoms with Gasteiger partial charge in [-0.2, -0.15) is 0 Å². The van der Waals surface area contributed by atoms with Gasteiger partial charge in [0.25, 0.3) is 5.91 Å². The molecule has 3 heterocycles. The van der Waals surface area contributed by atoms with Crippen LogP contribution in [-0.2, 0) is 28.8 Å². The molecule has 6 rings (SSSR count). The van der Waals surface area contributed by atoms with E-state index >= 15 is 0 Å². The second-order valence-corrected chi connectivity index (χ2v) is 16.0. The van der Waals surface area contributed by atoms with Crippen molar-refractivity contribution in [3.8, 4) is 5.75 Å². The van der Waals surface area contributed by atoms with Crippen LogP contribution >= 0.6 is 0 Å². The SMILES string of the molecule is CCC[C@H](NC(=O)[C@@H]1C[C@]2(CC(c3cc(C)c(OC)c(C)c3)=NO2)CN1C(=O)[C@@H](NC(=O)[C@H]1C[C@@H]1c1cnc[nH]1)C(C)(C)C)C(=O)C(=O)NC1CC1. The predicted octanol–water partition coefficient (Wildman–Crippen LogP) is 2.97. The highest BCUT2D eigenvalue weighted by Gasteiger charge is 2.56. The molecule has 0 radical (unpaired) electrons. The number of nitrogens with zero attached hydrogens (tertiary/aromatic N) is 3. The summed E-state index contributed by atoms with van der Waals surface area (Å²) in [7, 11) is 1.63. The number of likely N-dealkylation sites (tertiary alicyclic amines) is 1. The molecule has 6 atom stereocenters. The Bertz CT molecular complexity index is 1740. The molecule has 14 heteroatoms. The standard InChI is InChI=1S/C38H51N7O7/c1-8-9-26(30(46)35(49)41-23-10-11-23)42-34(48)29-16-38(15-27(44-52-38)22-12-20(2)31(51-7)21(3)13-22)18-45(29)36(50)32(37(4,5)6)43-33(47)25-14-24(25)28-17-39-19-40-28/h12-13,17,19,23-26,29,32H,8-11,14-16,18H2,1-7H3,(H,39,40)(H,41,49)(H,42,48)(H,43,47)/t24-,25-,26-,29-,32+,38+/m0/s1. The number of oxime groups is 1. The molecule has 1 saturated heterocycles. The monoisotopic (exact) mass is 717 g/mol. The predicted molar refractivity (Wildman–Crippen MR) is 191 cm³/mol. The van der Waals surface area contributed by atoms with Crippen LogP contribution in [0.2, 0.25) is 0 Å². The number of carbonyl (C=O) groups excluding carboxylic acids is 5. The molecule has 52 heavy (non-hydrogen) atoms. The number of hydrogen-bond acceptors (Lipinski definition) is 9. The summed E-state index contributed by atoms with van der Waals surface area (Å²) in [6, 6.07) is 0.850. The molecule has 1 spiro atoms. The van der Waals surface area contributed by atoms with Crippen LogP contribution in [0.15, 0.2) is 29.8 Å². The van der Waals surface area contributed by atoms with Crippen molar-refractivity contribution in [2.24, 2.45) is 16.5 Å². The van der Waals surface area contributed by atoms with Crippen molar-refractivity contribution in [2.45, 2.75) is 122 Å². The van der Waals surface area contributed by atoms with E-state index in [1.165, 1.54) is 4.90 Å².